The average molecular weight is 337 g/mol. The number of pyridine rings is 1. The van der Waals surface area contributed by atoms with E-state index in [9.17, 15) is 4.79 Å². The zero-order valence-electron chi connectivity index (χ0n) is 11.5. The number of ether oxygens (including phenoxy) is 1. The van der Waals surface area contributed by atoms with Gasteiger partial charge in [-0.3, -0.25) is 4.79 Å². The standard InChI is InChI=1S/C15H17BrN2O2/c1-3-18-10-12(5-7-15(18)19)17-9-11-4-6-14(20-2)13(16)8-11/h4-8,10,17H,3,9H2,1-2H3. The zero-order valence-corrected chi connectivity index (χ0v) is 13.1. The number of hydrogen-bond acceptors (Lipinski definition) is 3. The molecule has 1 aromatic heterocycles. The molecule has 0 bridgehead atoms. The van der Waals surface area contributed by atoms with Crippen molar-refractivity contribution in [3.8, 4) is 5.75 Å². The number of nitrogens with one attached hydrogen (secondary N) is 1. The predicted octanol–water partition coefficient (Wildman–Crippen LogP) is 3.25. The Balaban J connectivity index is 2.08. The van der Waals surface area contributed by atoms with Crippen LogP contribution in [0.5, 0.6) is 5.75 Å². The molecule has 0 aliphatic rings. The Morgan fingerprint density at radius 3 is 2.75 bits per heavy atom. The lowest BCUT2D eigenvalue weighted by Crippen LogP contribution is -2.17. The molecule has 106 valence electrons. The van der Waals surface area contributed by atoms with Crippen LogP contribution in [0.25, 0.3) is 0 Å². The number of benzene rings is 1. The minimum absolute atomic E-state index is 0.0187. The highest BCUT2D eigenvalue weighted by Gasteiger charge is 2.02. The topological polar surface area (TPSA) is 43.3 Å². The lowest BCUT2D eigenvalue weighted by molar-refractivity contribution is 0.412. The minimum Gasteiger partial charge on any atom is -0.496 e. The molecular weight excluding hydrogens is 320 g/mol. The van der Waals surface area contributed by atoms with Gasteiger partial charge in [0.15, 0.2) is 0 Å². The highest BCUT2D eigenvalue weighted by atomic mass is 79.9. The van der Waals surface area contributed by atoms with Gasteiger partial charge in [-0.15, -0.1) is 0 Å². The molecule has 4 nitrogen and oxygen atoms in total. The lowest BCUT2D eigenvalue weighted by atomic mass is 10.2. The smallest absolute Gasteiger partial charge is 0.250 e. The number of aryl methyl sites for hydroxylation is 1. The summed E-state index contributed by atoms with van der Waals surface area (Å²) in [4.78, 5) is 11.5. The molecule has 0 radical (unpaired) electrons. The lowest BCUT2D eigenvalue weighted by Gasteiger charge is -2.10. The van der Waals surface area contributed by atoms with E-state index in [0.717, 1.165) is 21.5 Å². The van der Waals surface area contributed by atoms with Crippen LogP contribution in [-0.2, 0) is 13.1 Å². The van der Waals surface area contributed by atoms with Crippen molar-refractivity contribution in [2.45, 2.75) is 20.0 Å². The van der Waals surface area contributed by atoms with Gasteiger partial charge in [0.1, 0.15) is 5.75 Å². The number of hydrogen-bond donors (Lipinski definition) is 1. The first-order valence-corrected chi connectivity index (χ1v) is 7.20. The van der Waals surface area contributed by atoms with E-state index in [-0.39, 0.29) is 5.56 Å². The SMILES string of the molecule is CCn1cc(NCc2ccc(OC)c(Br)c2)ccc1=O. The third-order valence-corrected chi connectivity index (χ3v) is 3.66. The van der Waals surface area contributed by atoms with Crippen LogP contribution in [0.1, 0.15) is 12.5 Å². The van der Waals surface area contributed by atoms with Gasteiger partial charge < -0.3 is 14.6 Å². The molecule has 0 aliphatic heterocycles. The van der Waals surface area contributed by atoms with E-state index in [1.807, 2.05) is 31.3 Å². The molecule has 2 rings (SSSR count). The van der Waals surface area contributed by atoms with Gasteiger partial charge >= 0.3 is 0 Å². The van der Waals surface area contributed by atoms with E-state index < -0.39 is 0 Å². The Morgan fingerprint density at radius 2 is 2.10 bits per heavy atom. The number of halogens is 1. The third-order valence-electron chi connectivity index (χ3n) is 3.04. The van der Waals surface area contributed by atoms with Gasteiger partial charge in [-0.25, -0.2) is 0 Å². The molecule has 2 aromatic rings. The number of methoxy groups -OCH3 is 1. The number of aromatic nitrogens is 1. The van der Waals surface area contributed by atoms with Crippen molar-refractivity contribution in [1.29, 1.82) is 0 Å². The summed E-state index contributed by atoms with van der Waals surface area (Å²) >= 11 is 3.47. The molecule has 0 aliphatic carbocycles. The summed E-state index contributed by atoms with van der Waals surface area (Å²) in [7, 11) is 1.64. The Bertz CT molecular complexity index is 653. The largest absolute Gasteiger partial charge is 0.496 e. The van der Waals surface area contributed by atoms with E-state index in [2.05, 4.69) is 21.2 Å². The van der Waals surface area contributed by atoms with E-state index in [0.29, 0.717) is 13.1 Å². The molecule has 0 amide bonds. The van der Waals surface area contributed by atoms with Crippen LogP contribution >= 0.6 is 15.9 Å². The van der Waals surface area contributed by atoms with Crippen LogP contribution in [0.15, 0.2) is 45.8 Å². The summed E-state index contributed by atoms with van der Waals surface area (Å²) < 4.78 is 7.80. The highest BCUT2D eigenvalue weighted by molar-refractivity contribution is 9.10. The minimum atomic E-state index is 0.0187. The molecule has 0 saturated carbocycles. The Morgan fingerprint density at radius 1 is 1.30 bits per heavy atom. The summed E-state index contributed by atoms with van der Waals surface area (Å²) in [6.07, 6.45) is 1.83. The Labute approximate surface area is 126 Å². The molecule has 20 heavy (non-hydrogen) atoms. The molecule has 1 aromatic carbocycles. The van der Waals surface area contributed by atoms with Gasteiger partial charge in [0.2, 0.25) is 0 Å². The molecule has 5 heteroatoms. The Hall–Kier alpha value is -1.75. The van der Waals surface area contributed by atoms with Crippen molar-refractivity contribution in [3.63, 3.8) is 0 Å². The average Bonchev–Trinajstić information content (AvgIpc) is 2.46. The summed E-state index contributed by atoms with van der Waals surface area (Å²) in [5, 5.41) is 3.31. The predicted molar refractivity (Wildman–Crippen MR) is 84.4 cm³/mol. The van der Waals surface area contributed by atoms with E-state index >= 15 is 0 Å². The first-order chi connectivity index (χ1) is 9.63. The quantitative estimate of drug-likeness (QED) is 0.911. The van der Waals surface area contributed by atoms with Crippen molar-refractivity contribution in [3.05, 3.63) is 56.9 Å². The molecule has 0 fully saturated rings. The van der Waals surface area contributed by atoms with Crippen LogP contribution in [-0.4, -0.2) is 11.7 Å². The van der Waals surface area contributed by atoms with Crippen LogP contribution in [0, 0.1) is 0 Å². The Kier molecular flexibility index (Phi) is 4.84. The van der Waals surface area contributed by atoms with Crippen molar-refractivity contribution < 1.29 is 4.74 Å². The molecule has 0 unspecified atom stereocenters. The molecule has 0 atom stereocenters. The van der Waals surface area contributed by atoms with Crippen molar-refractivity contribution >= 4 is 21.6 Å². The zero-order chi connectivity index (χ0) is 14.5. The third kappa shape index (κ3) is 3.42. The first kappa shape index (κ1) is 14.7. The van der Waals surface area contributed by atoms with Crippen molar-refractivity contribution in [1.82, 2.24) is 4.57 Å². The molecule has 0 saturated heterocycles. The fourth-order valence-electron chi connectivity index (χ4n) is 1.91. The van der Waals surface area contributed by atoms with Gasteiger partial charge in [-0.1, -0.05) is 6.07 Å². The summed E-state index contributed by atoms with van der Waals surface area (Å²) in [5.74, 6) is 0.813. The number of anilines is 1. The summed E-state index contributed by atoms with van der Waals surface area (Å²) in [5.41, 5.74) is 2.08. The van der Waals surface area contributed by atoms with E-state index in [1.54, 1.807) is 23.8 Å². The fraction of sp³-hybridized carbons (Fsp3) is 0.267. The van der Waals surface area contributed by atoms with Crippen molar-refractivity contribution in [2.24, 2.45) is 0 Å². The van der Waals surface area contributed by atoms with Gasteiger partial charge in [0.05, 0.1) is 17.3 Å². The number of rotatable bonds is 5. The van der Waals surface area contributed by atoms with Gasteiger partial charge in [0.25, 0.3) is 5.56 Å². The van der Waals surface area contributed by atoms with Gasteiger partial charge in [-0.05, 0) is 46.6 Å². The molecule has 1 N–H and O–H groups in total. The number of nitrogens with zero attached hydrogens (tertiary/aromatic N) is 1. The van der Waals surface area contributed by atoms with Crippen LogP contribution in [0.4, 0.5) is 5.69 Å². The molecular formula is C15H17BrN2O2. The maximum Gasteiger partial charge on any atom is 0.250 e. The van der Waals surface area contributed by atoms with E-state index in [1.165, 1.54) is 0 Å². The maximum atomic E-state index is 11.5. The van der Waals surface area contributed by atoms with Crippen LogP contribution in [0.2, 0.25) is 0 Å². The molecule has 0 spiro atoms. The second kappa shape index (κ2) is 6.61. The van der Waals surface area contributed by atoms with Crippen LogP contribution in [0.3, 0.4) is 0 Å². The van der Waals surface area contributed by atoms with Crippen molar-refractivity contribution in [2.75, 3.05) is 12.4 Å². The van der Waals surface area contributed by atoms with Gasteiger partial charge in [0, 0.05) is 25.4 Å². The molecule has 1 heterocycles. The van der Waals surface area contributed by atoms with E-state index in [4.69, 9.17) is 4.74 Å². The second-order valence-electron chi connectivity index (χ2n) is 4.36. The highest BCUT2D eigenvalue weighted by Crippen LogP contribution is 2.25. The van der Waals surface area contributed by atoms with Crippen LogP contribution < -0.4 is 15.6 Å². The fourth-order valence-corrected chi connectivity index (χ4v) is 2.50. The maximum absolute atomic E-state index is 11.5. The normalized spacial score (nSPS) is 10.3. The summed E-state index contributed by atoms with van der Waals surface area (Å²) in [6, 6.07) is 9.32. The van der Waals surface area contributed by atoms with Gasteiger partial charge in [-0.2, -0.15) is 0 Å². The second-order valence-corrected chi connectivity index (χ2v) is 5.22. The monoisotopic (exact) mass is 336 g/mol. The summed E-state index contributed by atoms with van der Waals surface area (Å²) in [6.45, 7) is 3.30. The first-order valence-electron chi connectivity index (χ1n) is 6.41.